The number of rotatable bonds is 5. The summed E-state index contributed by atoms with van der Waals surface area (Å²) in [5.74, 6) is -0.215. The highest BCUT2D eigenvalue weighted by atomic mass is 16.6. The van der Waals surface area contributed by atoms with Gasteiger partial charge in [-0.3, -0.25) is 4.79 Å². The molecule has 9 heteroatoms. The predicted octanol–water partition coefficient (Wildman–Crippen LogP) is 1.05. The van der Waals surface area contributed by atoms with Crippen molar-refractivity contribution in [1.82, 2.24) is 15.0 Å². The molecule has 27 heavy (non-hydrogen) atoms. The van der Waals surface area contributed by atoms with E-state index in [2.05, 4.69) is 10.3 Å². The molecule has 3 heterocycles. The summed E-state index contributed by atoms with van der Waals surface area (Å²) in [5.41, 5.74) is 0.0167. The Morgan fingerprint density at radius 1 is 1.26 bits per heavy atom. The molecule has 0 radical (unpaired) electrons. The zero-order valence-corrected chi connectivity index (χ0v) is 14.0. The topological polar surface area (TPSA) is 117 Å². The standard InChI is InChI=1S/C18H15N3O6/c22-14-5-12(25-10-15(14)23)8-21-7-11(19-20-21)9-26-17-6-18(24)27-16-4-2-1-3-13(16)17/h1-7,10,13,16,23H,8-9H2. The molecule has 0 saturated heterocycles. The summed E-state index contributed by atoms with van der Waals surface area (Å²) in [6.45, 7) is 0.301. The minimum atomic E-state index is -0.528. The molecule has 9 nitrogen and oxygen atoms in total. The van der Waals surface area contributed by atoms with E-state index in [-0.39, 0.29) is 25.2 Å². The summed E-state index contributed by atoms with van der Waals surface area (Å²) in [5, 5.41) is 17.2. The number of ether oxygens (including phenoxy) is 2. The van der Waals surface area contributed by atoms with Crippen LogP contribution in [0.25, 0.3) is 0 Å². The van der Waals surface area contributed by atoms with Gasteiger partial charge in [-0.05, 0) is 6.08 Å². The summed E-state index contributed by atoms with van der Waals surface area (Å²) in [4.78, 5) is 23.1. The Bertz CT molecular complexity index is 1020. The van der Waals surface area contributed by atoms with Crippen molar-refractivity contribution >= 4 is 5.97 Å². The monoisotopic (exact) mass is 369 g/mol. The van der Waals surface area contributed by atoms with Crippen LogP contribution in [0.15, 0.2) is 63.9 Å². The fourth-order valence-electron chi connectivity index (χ4n) is 2.80. The molecule has 0 amide bonds. The normalized spacial score (nSPS) is 20.7. The number of carbonyl (C=O) groups is 1. The molecule has 2 aromatic rings. The maximum atomic E-state index is 11.7. The minimum Gasteiger partial charge on any atom is -0.502 e. The zero-order valence-electron chi connectivity index (χ0n) is 14.0. The van der Waals surface area contributed by atoms with Crippen molar-refractivity contribution in [3.63, 3.8) is 0 Å². The van der Waals surface area contributed by atoms with Crippen molar-refractivity contribution in [2.24, 2.45) is 5.92 Å². The third-order valence-corrected chi connectivity index (χ3v) is 4.08. The lowest BCUT2D eigenvalue weighted by Crippen LogP contribution is -2.31. The van der Waals surface area contributed by atoms with E-state index >= 15 is 0 Å². The average Bonchev–Trinajstić information content (AvgIpc) is 3.10. The lowest BCUT2D eigenvalue weighted by molar-refractivity contribution is -0.144. The van der Waals surface area contributed by atoms with Crippen molar-refractivity contribution in [2.75, 3.05) is 0 Å². The van der Waals surface area contributed by atoms with Gasteiger partial charge in [0.2, 0.25) is 5.43 Å². The zero-order chi connectivity index (χ0) is 18.8. The average molecular weight is 369 g/mol. The second-order valence-electron chi connectivity index (χ2n) is 6.04. The Morgan fingerprint density at radius 2 is 2.11 bits per heavy atom. The summed E-state index contributed by atoms with van der Waals surface area (Å²) < 4.78 is 17.6. The van der Waals surface area contributed by atoms with Crippen LogP contribution in [0.5, 0.6) is 5.75 Å². The third-order valence-electron chi connectivity index (χ3n) is 4.08. The number of fused-ring (bicyclic) bond motifs is 1. The summed E-state index contributed by atoms with van der Waals surface area (Å²) >= 11 is 0. The number of allylic oxidation sites excluding steroid dienone is 2. The van der Waals surface area contributed by atoms with Gasteiger partial charge in [0.05, 0.1) is 18.2 Å². The molecule has 0 aromatic carbocycles. The molecule has 1 aliphatic carbocycles. The van der Waals surface area contributed by atoms with Crippen LogP contribution in [0.2, 0.25) is 0 Å². The Labute approximate surface area is 152 Å². The number of carbonyl (C=O) groups excluding carboxylic acids is 1. The molecular weight excluding hydrogens is 354 g/mol. The Hall–Kier alpha value is -3.62. The van der Waals surface area contributed by atoms with E-state index in [0.29, 0.717) is 17.2 Å². The largest absolute Gasteiger partial charge is 0.502 e. The smallest absolute Gasteiger partial charge is 0.334 e. The van der Waals surface area contributed by atoms with Gasteiger partial charge in [0.25, 0.3) is 0 Å². The predicted molar refractivity (Wildman–Crippen MR) is 90.3 cm³/mol. The van der Waals surface area contributed by atoms with Crippen molar-refractivity contribution in [2.45, 2.75) is 19.3 Å². The van der Waals surface area contributed by atoms with Gasteiger partial charge in [-0.25, -0.2) is 9.48 Å². The van der Waals surface area contributed by atoms with Gasteiger partial charge >= 0.3 is 5.97 Å². The molecule has 1 N–H and O–H groups in total. The van der Waals surface area contributed by atoms with Crippen LogP contribution >= 0.6 is 0 Å². The number of hydrogen-bond acceptors (Lipinski definition) is 8. The van der Waals surface area contributed by atoms with Crippen LogP contribution in [-0.4, -0.2) is 32.2 Å². The molecular formula is C18H15N3O6. The second kappa shape index (κ2) is 6.94. The summed E-state index contributed by atoms with van der Waals surface area (Å²) in [6.07, 6.45) is 11.0. The quantitative estimate of drug-likeness (QED) is 0.778. The number of aromatic hydroxyl groups is 1. The maximum Gasteiger partial charge on any atom is 0.334 e. The Balaban J connectivity index is 1.41. The maximum absolute atomic E-state index is 11.7. The summed E-state index contributed by atoms with van der Waals surface area (Å²) in [7, 11) is 0. The second-order valence-corrected chi connectivity index (χ2v) is 6.04. The van der Waals surface area contributed by atoms with Gasteiger partial charge in [0.15, 0.2) is 5.75 Å². The first-order chi connectivity index (χ1) is 13.1. The van der Waals surface area contributed by atoms with Crippen LogP contribution in [0.1, 0.15) is 11.5 Å². The van der Waals surface area contributed by atoms with Gasteiger partial charge in [0, 0.05) is 6.07 Å². The fraction of sp³-hybridized carbons (Fsp3) is 0.222. The molecule has 0 fully saturated rings. The Kier molecular flexibility index (Phi) is 4.33. The number of aromatic nitrogens is 3. The van der Waals surface area contributed by atoms with Gasteiger partial charge in [-0.15, -0.1) is 5.10 Å². The molecule has 4 rings (SSSR count). The fourth-order valence-corrected chi connectivity index (χ4v) is 2.80. The highest BCUT2D eigenvalue weighted by Gasteiger charge is 2.31. The first-order valence-corrected chi connectivity index (χ1v) is 8.18. The van der Waals surface area contributed by atoms with E-state index in [9.17, 15) is 14.7 Å². The SMILES string of the molecule is O=C1C=C(OCc2cn(Cc3cc(=O)c(O)co3)nn2)C2C=CC=CC2O1. The van der Waals surface area contributed by atoms with Crippen LogP contribution in [0, 0.1) is 5.92 Å². The summed E-state index contributed by atoms with van der Waals surface area (Å²) in [6, 6.07) is 1.19. The lowest BCUT2D eigenvalue weighted by Gasteiger charge is -2.29. The Morgan fingerprint density at radius 3 is 2.96 bits per heavy atom. The van der Waals surface area contributed by atoms with Gasteiger partial charge < -0.3 is 19.0 Å². The van der Waals surface area contributed by atoms with Crippen molar-refractivity contribution in [1.29, 1.82) is 0 Å². The van der Waals surface area contributed by atoms with Gasteiger partial charge in [0.1, 0.15) is 42.7 Å². The molecule has 2 aliphatic rings. The molecule has 2 atom stereocenters. The van der Waals surface area contributed by atoms with Crippen molar-refractivity contribution in [3.05, 3.63) is 76.3 Å². The molecule has 2 aromatic heterocycles. The van der Waals surface area contributed by atoms with E-state index in [0.717, 1.165) is 6.26 Å². The van der Waals surface area contributed by atoms with Crippen molar-refractivity contribution in [3.8, 4) is 5.75 Å². The molecule has 138 valence electrons. The molecule has 0 bridgehead atoms. The van der Waals surface area contributed by atoms with Crippen LogP contribution in [-0.2, 0) is 27.4 Å². The minimum absolute atomic E-state index is 0.124. The van der Waals surface area contributed by atoms with E-state index in [4.69, 9.17) is 13.9 Å². The van der Waals surface area contributed by atoms with Gasteiger partial charge in [-0.2, -0.15) is 0 Å². The van der Waals surface area contributed by atoms with Gasteiger partial charge in [-0.1, -0.05) is 23.4 Å². The number of hydrogen-bond donors (Lipinski definition) is 1. The van der Waals surface area contributed by atoms with Crippen LogP contribution in [0.3, 0.4) is 0 Å². The highest BCUT2D eigenvalue weighted by molar-refractivity contribution is 5.84. The lowest BCUT2D eigenvalue weighted by atomic mass is 9.93. The van der Waals surface area contributed by atoms with E-state index in [1.54, 1.807) is 12.3 Å². The highest BCUT2D eigenvalue weighted by Crippen LogP contribution is 2.29. The molecule has 0 saturated carbocycles. The van der Waals surface area contributed by atoms with E-state index in [1.807, 2.05) is 18.2 Å². The first-order valence-electron chi connectivity index (χ1n) is 8.18. The third kappa shape index (κ3) is 3.66. The van der Waals surface area contributed by atoms with E-state index in [1.165, 1.54) is 16.8 Å². The number of nitrogens with zero attached hydrogens (tertiary/aromatic N) is 3. The van der Waals surface area contributed by atoms with E-state index < -0.39 is 17.1 Å². The van der Waals surface area contributed by atoms with Crippen LogP contribution < -0.4 is 5.43 Å². The number of esters is 1. The molecule has 0 spiro atoms. The molecule has 2 unspecified atom stereocenters. The van der Waals surface area contributed by atoms with Crippen LogP contribution in [0.4, 0.5) is 0 Å². The van der Waals surface area contributed by atoms with Crippen molar-refractivity contribution < 1.29 is 23.8 Å². The first kappa shape index (κ1) is 16.8. The molecule has 1 aliphatic heterocycles.